The molecule has 0 fully saturated rings. The number of aromatic nitrogens is 4. The van der Waals surface area contributed by atoms with Crippen LogP contribution in [0, 0.1) is 0 Å². The van der Waals surface area contributed by atoms with E-state index in [2.05, 4.69) is 20.4 Å². The normalized spacial score (nSPS) is 13.2. The topological polar surface area (TPSA) is 113 Å². The first kappa shape index (κ1) is 12.4. The lowest BCUT2D eigenvalue weighted by atomic mass is 10.2. The minimum absolute atomic E-state index is 0.0185. The molecule has 20 heavy (non-hydrogen) atoms. The van der Waals surface area contributed by atoms with Gasteiger partial charge in [-0.2, -0.15) is 10.1 Å². The van der Waals surface area contributed by atoms with Crippen LogP contribution < -0.4 is 10.9 Å². The van der Waals surface area contributed by atoms with Crippen molar-refractivity contribution < 1.29 is 9.90 Å². The molecule has 1 aliphatic rings. The van der Waals surface area contributed by atoms with Gasteiger partial charge in [-0.05, 0) is 18.9 Å². The molecular formula is C12H13N5O3. The molecule has 0 unspecified atom stereocenters. The molecule has 3 heterocycles. The van der Waals surface area contributed by atoms with Gasteiger partial charge in [-0.15, -0.1) is 0 Å². The molecule has 0 saturated carbocycles. The van der Waals surface area contributed by atoms with Crippen molar-refractivity contribution in [1.82, 2.24) is 25.1 Å². The Morgan fingerprint density at radius 1 is 1.50 bits per heavy atom. The molecule has 0 bridgehead atoms. The maximum Gasteiger partial charge on any atom is 0.272 e. The van der Waals surface area contributed by atoms with Crippen LogP contribution in [0.3, 0.4) is 0 Å². The van der Waals surface area contributed by atoms with Crippen molar-refractivity contribution in [2.45, 2.75) is 25.9 Å². The average Bonchev–Trinajstić information content (AvgIpc) is 2.95. The van der Waals surface area contributed by atoms with E-state index in [1.807, 2.05) is 4.68 Å². The maximum absolute atomic E-state index is 11.9. The third-order valence-electron chi connectivity index (χ3n) is 3.09. The summed E-state index contributed by atoms with van der Waals surface area (Å²) in [5.41, 5.74) is 0.934. The van der Waals surface area contributed by atoms with Crippen LogP contribution >= 0.6 is 0 Å². The van der Waals surface area contributed by atoms with E-state index in [1.54, 1.807) is 6.07 Å². The molecule has 0 aromatic carbocycles. The fraction of sp³-hybridized carbons (Fsp3) is 0.333. The van der Waals surface area contributed by atoms with Crippen molar-refractivity contribution in [3.05, 3.63) is 39.7 Å². The second kappa shape index (κ2) is 4.80. The fourth-order valence-corrected chi connectivity index (χ4v) is 2.20. The molecular weight excluding hydrogens is 262 g/mol. The highest BCUT2D eigenvalue weighted by atomic mass is 16.3. The minimum atomic E-state index is -0.470. The molecule has 1 amide bonds. The third kappa shape index (κ3) is 2.40. The first-order valence-electron chi connectivity index (χ1n) is 6.26. The highest BCUT2D eigenvalue weighted by Crippen LogP contribution is 2.14. The van der Waals surface area contributed by atoms with Crippen LogP contribution in [0.1, 0.15) is 28.4 Å². The summed E-state index contributed by atoms with van der Waals surface area (Å²) in [6, 6.07) is 2.73. The van der Waals surface area contributed by atoms with Gasteiger partial charge in [0.05, 0.1) is 12.6 Å². The number of nitrogens with one attached hydrogen (secondary N) is 2. The van der Waals surface area contributed by atoms with E-state index in [4.69, 9.17) is 0 Å². The van der Waals surface area contributed by atoms with Crippen molar-refractivity contribution in [3.63, 3.8) is 0 Å². The lowest BCUT2D eigenvalue weighted by Gasteiger charge is -2.03. The van der Waals surface area contributed by atoms with Gasteiger partial charge < -0.3 is 15.4 Å². The van der Waals surface area contributed by atoms with Crippen molar-refractivity contribution >= 4 is 5.91 Å². The van der Waals surface area contributed by atoms with Crippen LogP contribution in [0.25, 0.3) is 0 Å². The molecule has 0 atom stereocenters. The summed E-state index contributed by atoms with van der Waals surface area (Å²) < 4.78 is 1.82. The van der Waals surface area contributed by atoms with Crippen LogP contribution in [-0.2, 0) is 19.5 Å². The monoisotopic (exact) mass is 275 g/mol. The molecule has 1 aliphatic heterocycles. The number of fused-ring (bicyclic) bond motifs is 1. The molecule has 8 heteroatoms. The number of aromatic amines is 1. The number of rotatable bonds is 3. The summed E-state index contributed by atoms with van der Waals surface area (Å²) >= 11 is 0. The van der Waals surface area contributed by atoms with Crippen LogP contribution in [0.15, 0.2) is 16.9 Å². The summed E-state index contributed by atoms with van der Waals surface area (Å²) in [6.07, 6.45) is 1.99. The SMILES string of the molecule is O=C(NCc1nc(O)cc(=O)[nH]1)c1cc2n(n1)CCC2. The van der Waals surface area contributed by atoms with E-state index in [9.17, 15) is 14.7 Å². The van der Waals surface area contributed by atoms with Crippen LogP contribution in [0.4, 0.5) is 0 Å². The fourth-order valence-electron chi connectivity index (χ4n) is 2.20. The van der Waals surface area contributed by atoms with Gasteiger partial charge in [-0.25, -0.2) is 0 Å². The van der Waals surface area contributed by atoms with Crippen molar-refractivity contribution in [2.75, 3.05) is 0 Å². The molecule has 3 rings (SSSR count). The Hall–Kier alpha value is -2.64. The number of aryl methyl sites for hydroxylation is 2. The summed E-state index contributed by atoms with van der Waals surface area (Å²) in [7, 11) is 0. The minimum Gasteiger partial charge on any atom is -0.493 e. The van der Waals surface area contributed by atoms with Gasteiger partial charge in [0.1, 0.15) is 11.5 Å². The van der Waals surface area contributed by atoms with Crippen molar-refractivity contribution in [1.29, 1.82) is 0 Å². The Kier molecular flexibility index (Phi) is 2.97. The van der Waals surface area contributed by atoms with Crippen molar-refractivity contribution in [3.8, 4) is 5.88 Å². The molecule has 104 valence electrons. The highest BCUT2D eigenvalue weighted by Gasteiger charge is 2.17. The molecule has 2 aromatic rings. The number of hydrogen-bond donors (Lipinski definition) is 3. The van der Waals surface area contributed by atoms with Gasteiger partial charge in [-0.3, -0.25) is 14.3 Å². The lowest BCUT2D eigenvalue weighted by Crippen LogP contribution is -2.25. The van der Waals surface area contributed by atoms with Crippen LogP contribution in [-0.4, -0.2) is 30.8 Å². The molecule has 2 aromatic heterocycles. The van der Waals surface area contributed by atoms with E-state index in [1.165, 1.54) is 0 Å². The highest BCUT2D eigenvalue weighted by molar-refractivity contribution is 5.92. The predicted molar refractivity (Wildman–Crippen MR) is 68.2 cm³/mol. The molecule has 0 spiro atoms. The average molecular weight is 275 g/mol. The van der Waals surface area contributed by atoms with E-state index < -0.39 is 5.56 Å². The second-order valence-electron chi connectivity index (χ2n) is 4.58. The molecule has 0 radical (unpaired) electrons. The first-order chi connectivity index (χ1) is 9.61. The largest absolute Gasteiger partial charge is 0.493 e. The zero-order chi connectivity index (χ0) is 14.1. The van der Waals surface area contributed by atoms with E-state index in [0.29, 0.717) is 5.69 Å². The number of nitrogens with zero attached hydrogens (tertiary/aromatic N) is 3. The van der Waals surface area contributed by atoms with E-state index in [0.717, 1.165) is 31.1 Å². The summed E-state index contributed by atoms with van der Waals surface area (Å²) in [5, 5.41) is 16.0. The maximum atomic E-state index is 11.9. The van der Waals surface area contributed by atoms with Crippen LogP contribution in [0.2, 0.25) is 0 Å². The van der Waals surface area contributed by atoms with Gasteiger partial charge in [0.15, 0.2) is 0 Å². The zero-order valence-electron chi connectivity index (χ0n) is 10.6. The van der Waals surface area contributed by atoms with Gasteiger partial charge in [0, 0.05) is 12.2 Å². The number of amides is 1. The van der Waals surface area contributed by atoms with E-state index >= 15 is 0 Å². The predicted octanol–water partition coefficient (Wildman–Crippen LogP) is -0.452. The Morgan fingerprint density at radius 3 is 3.10 bits per heavy atom. The number of H-pyrrole nitrogens is 1. The molecule has 0 aliphatic carbocycles. The van der Waals surface area contributed by atoms with Crippen LogP contribution in [0.5, 0.6) is 5.88 Å². The van der Waals surface area contributed by atoms with Crippen molar-refractivity contribution in [2.24, 2.45) is 0 Å². The zero-order valence-corrected chi connectivity index (χ0v) is 10.6. The Labute approximate surface area is 113 Å². The Bertz CT molecular complexity index is 697. The standard InChI is InChI=1S/C12H13N5O3/c18-10-5-11(19)15-9(14-10)6-13-12(20)8-4-7-2-1-3-17(7)16-8/h4-5H,1-3,6H2,(H,13,20)(H2,14,15,18,19). The number of aromatic hydroxyl groups is 1. The molecule has 8 nitrogen and oxygen atoms in total. The van der Waals surface area contributed by atoms with Gasteiger partial charge in [-0.1, -0.05) is 0 Å². The third-order valence-corrected chi connectivity index (χ3v) is 3.09. The quantitative estimate of drug-likeness (QED) is 0.702. The smallest absolute Gasteiger partial charge is 0.272 e. The molecule has 0 saturated heterocycles. The summed E-state index contributed by atoms with van der Waals surface area (Å²) in [4.78, 5) is 29.2. The summed E-state index contributed by atoms with van der Waals surface area (Å²) in [6.45, 7) is 0.856. The Balaban J connectivity index is 1.68. The number of hydrogen-bond acceptors (Lipinski definition) is 5. The Morgan fingerprint density at radius 2 is 2.35 bits per heavy atom. The van der Waals surface area contributed by atoms with Gasteiger partial charge in [0.25, 0.3) is 11.5 Å². The lowest BCUT2D eigenvalue weighted by molar-refractivity contribution is 0.0943. The first-order valence-corrected chi connectivity index (χ1v) is 6.26. The van der Waals surface area contributed by atoms with E-state index in [-0.39, 0.29) is 24.2 Å². The second-order valence-corrected chi connectivity index (χ2v) is 4.58. The van der Waals surface area contributed by atoms with Gasteiger partial charge >= 0.3 is 0 Å². The molecule has 3 N–H and O–H groups in total. The number of carbonyl (C=O) groups excluding carboxylic acids is 1. The van der Waals surface area contributed by atoms with Gasteiger partial charge in [0.2, 0.25) is 5.88 Å². The summed E-state index contributed by atoms with van der Waals surface area (Å²) in [5.74, 6) is -0.521. The number of carbonyl (C=O) groups is 1.